The number of anilines is 1. The van der Waals surface area contributed by atoms with Gasteiger partial charge in [-0.3, -0.25) is 10.1 Å². The molecule has 0 saturated carbocycles. The topological polar surface area (TPSA) is 77.0 Å². The number of hydrogen-bond donors (Lipinski definition) is 1. The molecule has 0 radical (unpaired) electrons. The molecule has 90 valence electrons. The summed E-state index contributed by atoms with van der Waals surface area (Å²) in [5.41, 5.74) is 2.36. The zero-order valence-corrected chi connectivity index (χ0v) is 10.9. The highest BCUT2D eigenvalue weighted by Gasteiger charge is 2.14. The lowest BCUT2D eigenvalue weighted by molar-refractivity contribution is 0.102. The first-order valence-electron chi connectivity index (χ1n) is 4.73. The number of rotatable bonds is 4. The van der Waals surface area contributed by atoms with Gasteiger partial charge in [0.25, 0.3) is 5.91 Å². The van der Waals surface area contributed by atoms with Gasteiger partial charge in [-0.25, -0.2) is 9.97 Å². The molecule has 2 heterocycles. The lowest BCUT2D eigenvalue weighted by Gasteiger charge is -1.98. The predicted octanol–water partition coefficient (Wildman–Crippen LogP) is 1.70. The Morgan fingerprint density at radius 2 is 2.41 bits per heavy atom. The van der Waals surface area contributed by atoms with Crippen LogP contribution in [0.4, 0.5) is 5.13 Å². The van der Waals surface area contributed by atoms with E-state index in [9.17, 15) is 4.79 Å². The van der Waals surface area contributed by atoms with E-state index in [0.717, 1.165) is 11.5 Å². The van der Waals surface area contributed by atoms with Crippen molar-refractivity contribution < 1.29 is 9.53 Å². The third-order valence-corrected chi connectivity index (χ3v) is 3.51. The molecule has 0 aromatic carbocycles. The van der Waals surface area contributed by atoms with E-state index in [4.69, 9.17) is 4.74 Å². The van der Waals surface area contributed by atoms with Gasteiger partial charge in [0, 0.05) is 18.6 Å². The molecule has 1 amide bonds. The van der Waals surface area contributed by atoms with Crippen LogP contribution in [-0.2, 0) is 11.3 Å². The third-order valence-electron chi connectivity index (χ3n) is 1.91. The van der Waals surface area contributed by atoms with Crippen molar-refractivity contribution in [1.29, 1.82) is 0 Å². The fourth-order valence-corrected chi connectivity index (χ4v) is 2.43. The summed E-state index contributed by atoms with van der Waals surface area (Å²) in [6.45, 7) is 2.13. The van der Waals surface area contributed by atoms with Gasteiger partial charge >= 0.3 is 0 Å². The van der Waals surface area contributed by atoms with Crippen LogP contribution in [0.5, 0.6) is 0 Å². The highest BCUT2D eigenvalue weighted by molar-refractivity contribution is 7.12. The van der Waals surface area contributed by atoms with Gasteiger partial charge in [-0.15, -0.1) is 11.3 Å². The summed E-state index contributed by atoms with van der Waals surface area (Å²) in [6.07, 6.45) is 0. The third kappa shape index (κ3) is 2.84. The Bertz CT molecular complexity index is 523. The quantitative estimate of drug-likeness (QED) is 0.915. The zero-order valence-electron chi connectivity index (χ0n) is 9.26. The standard InChI is InChI=1S/C9H10N4O2S2/c1-5-7(16-4-10-5)8(14)12-9-11-6(3-15-2)13-17-9/h4H,3H2,1-2H3,(H,11,12,13,14). The minimum Gasteiger partial charge on any atom is -0.377 e. The highest BCUT2D eigenvalue weighted by atomic mass is 32.1. The number of ether oxygens (including phenoxy) is 1. The van der Waals surface area contributed by atoms with Crippen molar-refractivity contribution in [3.8, 4) is 0 Å². The number of carbonyl (C=O) groups excluding carboxylic acids is 1. The molecule has 0 aliphatic rings. The molecule has 0 unspecified atom stereocenters. The number of aryl methyl sites for hydroxylation is 1. The van der Waals surface area contributed by atoms with E-state index in [0.29, 0.717) is 28.1 Å². The summed E-state index contributed by atoms with van der Waals surface area (Å²) >= 11 is 2.43. The van der Waals surface area contributed by atoms with Gasteiger partial charge in [0.15, 0.2) is 5.82 Å². The Kier molecular flexibility index (Phi) is 3.77. The molecule has 0 fully saturated rings. The molecule has 6 nitrogen and oxygen atoms in total. The average Bonchev–Trinajstić information content (AvgIpc) is 2.88. The summed E-state index contributed by atoms with van der Waals surface area (Å²) < 4.78 is 8.94. The summed E-state index contributed by atoms with van der Waals surface area (Å²) in [7, 11) is 1.57. The summed E-state index contributed by atoms with van der Waals surface area (Å²) in [4.78, 5) is 20.6. The zero-order chi connectivity index (χ0) is 12.3. The summed E-state index contributed by atoms with van der Waals surface area (Å²) in [6, 6.07) is 0. The van der Waals surface area contributed by atoms with Gasteiger partial charge < -0.3 is 4.74 Å². The number of thiazole rings is 1. The van der Waals surface area contributed by atoms with Crippen LogP contribution >= 0.6 is 22.9 Å². The van der Waals surface area contributed by atoms with E-state index < -0.39 is 0 Å². The summed E-state index contributed by atoms with van der Waals surface area (Å²) in [5, 5.41) is 3.15. The highest BCUT2D eigenvalue weighted by Crippen LogP contribution is 2.17. The molecule has 2 aromatic heterocycles. The Balaban J connectivity index is 2.05. The van der Waals surface area contributed by atoms with Crippen LogP contribution in [0.25, 0.3) is 0 Å². The first-order chi connectivity index (χ1) is 8.20. The number of amides is 1. The van der Waals surface area contributed by atoms with Crippen LogP contribution in [0.15, 0.2) is 5.51 Å². The van der Waals surface area contributed by atoms with Gasteiger partial charge in [-0.05, 0) is 6.92 Å². The smallest absolute Gasteiger partial charge is 0.269 e. The monoisotopic (exact) mass is 270 g/mol. The molecule has 0 aliphatic heterocycles. The van der Waals surface area contributed by atoms with E-state index >= 15 is 0 Å². The molecular formula is C9H10N4O2S2. The Morgan fingerprint density at radius 1 is 1.59 bits per heavy atom. The van der Waals surface area contributed by atoms with Gasteiger partial charge in [-0.2, -0.15) is 4.37 Å². The van der Waals surface area contributed by atoms with Crippen LogP contribution in [-0.4, -0.2) is 27.4 Å². The minimum absolute atomic E-state index is 0.204. The first kappa shape index (κ1) is 12.1. The number of nitrogens with one attached hydrogen (secondary N) is 1. The van der Waals surface area contributed by atoms with E-state index in [1.165, 1.54) is 11.3 Å². The van der Waals surface area contributed by atoms with Crippen molar-refractivity contribution in [1.82, 2.24) is 14.3 Å². The van der Waals surface area contributed by atoms with Gasteiger partial charge in [0.1, 0.15) is 11.5 Å². The molecule has 0 saturated heterocycles. The van der Waals surface area contributed by atoms with E-state index in [1.54, 1.807) is 19.5 Å². The minimum atomic E-state index is -0.204. The average molecular weight is 270 g/mol. The van der Waals surface area contributed by atoms with Crippen molar-refractivity contribution in [3.63, 3.8) is 0 Å². The number of hydrogen-bond acceptors (Lipinski definition) is 7. The Morgan fingerprint density at radius 3 is 3.06 bits per heavy atom. The molecule has 0 atom stereocenters. The van der Waals surface area contributed by atoms with Gasteiger partial charge in [-0.1, -0.05) is 0 Å². The molecule has 0 spiro atoms. The molecule has 0 aliphatic carbocycles. The molecule has 17 heavy (non-hydrogen) atoms. The number of nitrogens with zero attached hydrogens (tertiary/aromatic N) is 3. The van der Waals surface area contributed by atoms with Crippen molar-refractivity contribution >= 4 is 33.9 Å². The van der Waals surface area contributed by atoms with Gasteiger partial charge in [0.05, 0.1) is 11.2 Å². The van der Waals surface area contributed by atoms with Crippen molar-refractivity contribution in [3.05, 3.63) is 21.9 Å². The van der Waals surface area contributed by atoms with E-state index in [2.05, 4.69) is 19.7 Å². The Hall–Kier alpha value is -1.38. The predicted molar refractivity (Wildman–Crippen MR) is 65.4 cm³/mol. The van der Waals surface area contributed by atoms with Crippen LogP contribution in [0.2, 0.25) is 0 Å². The lowest BCUT2D eigenvalue weighted by Crippen LogP contribution is -2.11. The molecule has 2 aromatic rings. The van der Waals surface area contributed by atoms with Crippen molar-refractivity contribution in [2.75, 3.05) is 12.4 Å². The maximum Gasteiger partial charge on any atom is 0.269 e. The second kappa shape index (κ2) is 5.30. The SMILES string of the molecule is COCc1nsc(NC(=O)c2scnc2C)n1. The fourth-order valence-electron chi connectivity index (χ4n) is 1.17. The van der Waals surface area contributed by atoms with E-state index in [-0.39, 0.29) is 5.91 Å². The largest absolute Gasteiger partial charge is 0.377 e. The number of aromatic nitrogens is 3. The number of carbonyl (C=O) groups is 1. The molecule has 2 rings (SSSR count). The van der Waals surface area contributed by atoms with Crippen LogP contribution in [0.3, 0.4) is 0 Å². The van der Waals surface area contributed by atoms with Crippen LogP contribution in [0, 0.1) is 6.92 Å². The number of methoxy groups -OCH3 is 1. The van der Waals surface area contributed by atoms with Crippen molar-refractivity contribution in [2.24, 2.45) is 0 Å². The maximum atomic E-state index is 11.8. The fraction of sp³-hybridized carbons (Fsp3) is 0.333. The first-order valence-corrected chi connectivity index (χ1v) is 6.39. The molecule has 0 bridgehead atoms. The molecular weight excluding hydrogens is 260 g/mol. The molecule has 8 heteroatoms. The van der Waals surface area contributed by atoms with Crippen LogP contribution in [0.1, 0.15) is 21.2 Å². The van der Waals surface area contributed by atoms with Gasteiger partial charge in [0.2, 0.25) is 5.13 Å². The Labute approximate surface area is 106 Å². The maximum absolute atomic E-state index is 11.8. The van der Waals surface area contributed by atoms with Crippen LogP contribution < -0.4 is 5.32 Å². The summed E-state index contributed by atoms with van der Waals surface area (Å²) in [5.74, 6) is 0.360. The van der Waals surface area contributed by atoms with E-state index in [1.807, 2.05) is 0 Å². The second-order valence-corrected chi connectivity index (χ2v) is 4.78. The lowest BCUT2D eigenvalue weighted by atomic mass is 10.4. The molecule has 1 N–H and O–H groups in total. The van der Waals surface area contributed by atoms with Crippen molar-refractivity contribution in [2.45, 2.75) is 13.5 Å². The normalized spacial score (nSPS) is 10.5. The second-order valence-electron chi connectivity index (χ2n) is 3.17.